The van der Waals surface area contributed by atoms with Crippen molar-refractivity contribution in [2.45, 2.75) is 20.3 Å². The van der Waals surface area contributed by atoms with Crippen LogP contribution >= 0.6 is 15.9 Å². The molecule has 1 aliphatic rings. The molecule has 0 amide bonds. The fourth-order valence-corrected chi connectivity index (χ4v) is 2.39. The maximum Gasteiger partial charge on any atom is 0.0400 e. The normalized spacial score (nSPS) is 15.0. The monoisotopic (exact) mass is 252 g/mol. The van der Waals surface area contributed by atoms with Crippen LogP contribution in [0.5, 0.6) is 0 Å². The fourth-order valence-electron chi connectivity index (χ4n) is 1.98. The number of hydrogen-bond donors (Lipinski definition) is 0. The van der Waals surface area contributed by atoms with Gasteiger partial charge in [-0.05, 0) is 36.1 Å². The Morgan fingerprint density at radius 1 is 1.43 bits per heavy atom. The highest BCUT2D eigenvalue weighted by molar-refractivity contribution is 9.10. The zero-order valence-electron chi connectivity index (χ0n) is 8.68. The van der Waals surface area contributed by atoms with Crippen molar-refractivity contribution in [3.63, 3.8) is 0 Å². The van der Waals surface area contributed by atoms with Gasteiger partial charge in [-0.2, -0.15) is 0 Å². The summed E-state index contributed by atoms with van der Waals surface area (Å²) in [6.07, 6.45) is 1.18. The van der Waals surface area contributed by atoms with Gasteiger partial charge in [0.05, 0.1) is 0 Å². The molecule has 0 atom stereocenters. The Balaban J connectivity index is 2.22. The van der Waals surface area contributed by atoms with Crippen LogP contribution in [0.15, 0.2) is 22.7 Å². The van der Waals surface area contributed by atoms with Crippen LogP contribution in [0.25, 0.3) is 0 Å². The van der Waals surface area contributed by atoms with Gasteiger partial charge in [0.15, 0.2) is 0 Å². The Hall–Kier alpha value is -0.500. The van der Waals surface area contributed by atoms with E-state index in [0.29, 0.717) is 0 Å². The van der Waals surface area contributed by atoms with Crippen LogP contribution in [0.2, 0.25) is 0 Å². The Labute approximate surface area is 94.2 Å². The summed E-state index contributed by atoms with van der Waals surface area (Å²) in [5.74, 6) is 1.47. The molecule has 1 aromatic carbocycles. The van der Waals surface area contributed by atoms with Crippen molar-refractivity contribution in [3.05, 3.63) is 34.2 Å². The highest BCUT2D eigenvalue weighted by atomic mass is 79.9. The van der Waals surface area contributed by atoms with Gasteiger partial charge in [-0.3, -0.25) is 0 Å². The van der Waals surface area contributed by atoms with Gasteiger partial charge in [-0.1, -0.05) is 29.8 Å². The number of halogens is 1. The molecule has 0 saturated heterocycles. The first kappa shape index (κ1) is 10.0. The van der Waals surface area contributed by atoms with Gasteiger partial charge < -0.3 is 4.90 Å². The van der Waals surface area contributed by atoms with E-state index in [-0.39, 0.29) is 0 Å². The zero-order chi connectivity index (χ0) is 10.1. The van der Waals surface area contributed by atoms with Gasteiger partial charge in [0.2, 0.25) is 0 Å². The average Bonchev–Trinajstić information content (AvgIpc) is 2.47. The molecule has 0 saturated carbocycles. The molecule has 1 aliphatic heterocycles. The lowest BCUT2D eigenvalue weighted by molar-refractivity contribution is 0.820. The van der Waals surface area contributed by atoms with Crippen LogP contribution in [0, 0.1) is 5.92 Å². The Bertz CT molecular complexity index is 333. The van der Waals surface area contributed by atoms with Crippen molar-refractivity contribution in [1.82, 2.24) is 0 Å². The van der Waals surface area contributed by atoms with E-state index in [1.165, 1.54) is 28.1 Å². The van der Waals surface area contributed by atoms with Crippen molar-refractivity contribution in [2.75, 3.05) is 18.0 Å². The lowest BCUT2D eigenvalue weighted by atomic mass is 10.1. The van der Waals surface area contributed by atoms with Gasteiger partial charge in [0, 0.05) is 23.2 Å². The highest BCUT2D eigenvalue weighted by Crippen LogP contribution is 2.30. The molecule has 1 heterocycles. The summed E-state index contributed by atoms with van der Waals surface area (Å²) in [6.45, 7) is 6.64. The Kier molecular flexibility index (Phi) is 2.82. The molecule has 0 aromatic heterocycles. The molecule has 0 bridgehead atoms. The number of benzene rings is 1. The molecule has 1 nitrogen and oxygen atoms in total. The number of rotatable bonds is 2. The van der Waals surface area contributed by atoms with E-state index in [2.05, 4.69) is 52.9 Å². The Morgan fingerprint density at radius 2 is 2.21 bits per heavy atom. The second-order valence-electron chi connectivity index (χ2n) is 4.15. The molecule has 14 heavy (non-hydrogen) atoms. The van der Waals surface area contributed by atoms with Crippen LogP contribution in [0.3, 0.4) is 0 Å². The third kappa shape index (κ3) is 1.95. The summed E-state index contributed by atoms with van der Waals surface area (Å²) >= 11 is 3.51. The first-order chi connectivity index (χ1) is 6.66. The SMILES string of the molecule is C[C](C)CN1CCc2cc(Br)ccc21. The zero-order valence-corrected chi connectivity index (χ0v) is 10.3. The minimum atomic E-state index is 1.09. The third-order valence-corrected chi connectivity index (χ3v) is 3.03. The summed E-state index contributed by atoms with van der Waals surface area (Å²) < 4.78 is 1.19. The molecule has 0 spiro atoms. The second kappa shape index (κ2) is 3.93. The van der Waals surface area contributed by atoms with Crippen molar-refractivity contribution in [3.8, 4) is 0 Å². The standard InChI is InChI=1S/C12H15BrN/c1-9(2)8-14-6-5-10-7-11(13)3-4-12(10)14/h3-4,7H,5-6,8H2,1-2H3. The van der Waals surface area contributed by atoms with E-state index in [4.69, 9.17) is 0 Å². The molecular formula is C12H15BrN. The number of hydrogen-bond acceptors (Lipinski definition) is 1. The van der Waals surface area contributed by atoms with Gasteiger partial charge in [-0.15, -0.1) is 0 Å². The lowest BCUT2D eigenvalue weighted by Crippen LogP contribution is -2.24. The fraction of sp³-hybridized carbons (Fsp3) is 0.417. The van der Waals surface area contributed by atoms with Crippen LogP contribution in [0.1, 0.15) is 19.4 Å². The molecule has 75 valence electrons. The van der Waals surface area contributed by atoms with Gasteiger partial charge in [0.25, 0.3) is 0 Å². The Morgan fingerprint density at radius 3 is 2.93 bits per heavy atom. The van der Waals surface area contributed by atoms with Crippen LogP contribution < -0.4 is 4.90 Å². The summed E-state index contributed by atoms with van der Waals surface area (Å²) in [5.41, 5.74) is 2.88. The summed E-state index contributed by atoms with van der Waals surface area (Å²) in [5, 5.41) is 0. The molecule has 1 radical (unpaired) electrons. The van der Waals surface area contributed by atoms with E-state index >= 15 is 0 Å². The summed E-state index contributed by atoms with van der Waals surface area (Å²) in [4.78, 5) is 2.46. The third-order valence-electron chi connectivity index (χ3n) is 2.54. The number of anilines is 1. The van der Waals surface area contributed by atoms with Crippen LogP contribution in [-0.2, 0) is 6.42 Å². The minimum absolute atomic E-state index is 1.09. The predicted molar refractivity (Wildman–Crippen MR) is 64.7 cm³/mol. The van der Waals surface area contributed by atoms with Crippen LogP contribution in [0.4, 0.5) is 5.69 Å². The number of nitrogens with zero attached hydrogens (tertiary/aromatic N) is 1. The second-order valence-corrected chi connectivity index (χ2v) is 5.07. The van der Waals surface area contributed by atoms with Gasteiger partial charge in [0.1, 0.15) is 0 Å². The molecule has 0 N–H and O–H groups in total. The maximum absolute atomic E-state index is 3.51. The quantitative estimate of drug-likeness (QED) is 0.780. The van der Waals surface area contributed by atoms with Crippen molar-refractivity contribution >= 4 is 21.6 Å². The molecule has 2 heteroatoms. The van der Waals surface area contributed by atoms with E-state index in [9.17, 15) is 0 Å². The molecule has 0 aliphatic carbocycles. The molecule has 0 unspecified atom stereocenters. The van der Waals surface area contributed by atoms with Crippen molar-refractivity contribution in [1.29, 1.82) is 0 Å². The maximum atomic E-state index is 3.51. The lowest BCUT2D eigenvalue weighted by Gasteiger charge is -2.21. The highest BCUT2D eigenvalue weighted by Gasteiger charge is 2.19. The molecule has 2 rings (SSSR count). The van der Waals surface area contributed by atoms with E-state index in [1.807, 2.05) is 0 Å². The molecule has 1 aromatic rings. The summed E-state index contributed by atoms with van der Waals surface area (Å²) in [7, 11) is 0. The molecule has 0 fully saturated rings. The van der Waals surface area contributed by atoms with Crippen LogP contribution in [-0.4, -0.2) is 13.1 Å². The smallest absolute Gasteiger partial charge is 0.0400 e. The first-order valence-corrected chi connectivity index (χ1v) is 5.78. The van der Waals surface area contributed by atoms with Gasteiger partial charge in [-0.25, -0.2) is 0 Å². The average molecular weight is 253 g/mol. The van der Waals surface area contributed by atoms with Crippen molar-refractivity contribution < 1.29 is 0 Å². The first-order valence-electron chi connectivity index (χ1n) is 4.99. The number of fused-ring (bicyclic) bond motifs is 1. The topological polar surface area (TPSA) is 3.24 Å². The van der Waals surface area contributed by atoms with E-state index < -0.39 is 0 Å². The van der Waals surface area contributed by atoms with E-state index in [1.54, 1.807) is 0 Å². The predicted octanol–water partition coefficient (Wildman–Crippen LogP) is 3.43. The molecular weight excluding hydrogens is 238 g/mol. The van der Waals surface area contributed by atoms with Gasteiger partial charge >= 0.3 is 0 Å². The minimum Gasteiger partial charge on any atom is -0.370 e. The largest absolute Gasteiger partial charge is 0.370 e. The van der Waals surface area contributed by atoms with E-state index in [0.717, 1.165) is 13.1 Å². The van der Waals surface area contributed by atoms with Crippen molar-refractivity contribution in [2.24, 2.45) is 0 Å². The summed E-state index contributed by atoms with van der Waals surface area (Å²) in [6, 6.07) is 6.58.